The van der Waals surface area contributed by atoms with Crippen LogP contribution in [0.5, 0.6) is 0 Å². The first kappa shape index (κ1) is 15.5. The highest BCUT2D eigenvalue weighted by Crippen LogP contribution is 2.42. The molecule has 2 atom stereocenters. The minimum Gasteiger partial charge on any atom is -0.393 e. The standard InChI is InChI=1S/C16H16BrClFN3O/c1-7-20-15-11(6-12(18)13(17)14(15)19)16(21-7)22-8-2-3-9(22)5-10(23)4-8/h6,8-10,23H,2-5H2,1H3. The molecule has 1 aromatic carbocycles. The first-order chi connectivity index (χ1) is 11.0. The van der Waals surface area contributed by atoms with Crippen LogP contribution < -0.4 is 4.90 Å². The van der Waals surface area contributed by atoms with Gasteiger partial charge in [-0.1, -0.05) is 11.6 Å². The predicted octanol–water partition coefficient (Wildman–Crippen LogP) is 3.99. The van der Waals surface area contributed by atoms with Crippen molar-refractivity contribution in [2.24, 2.45) is 0 Å². The molecule has 1 aromatic heterocycles. The summed E-state index contributed by atoms with van der Waals surface area (Å²) >= 11 is 9.33. The van der Waals surface area contributed by atoms with Crippen LogP contribution in [0.2, 0.25) is 5.02 Å². The maximum atomic E-state index is 14.6. The van der Waals surface area contributed by atoms with Crippen LogP contribution in [0.1, 0.15) is 31.5 Å². The zero-order valence-electron chi connectivity index (χ0n) is 12.6. The maximum absolute atomic E-state index is 14.6. The van der Waals surface area contributed by atoms with E-state index in [0.29, 0.717) is 16.2 Å². The Morgan fingerprint density at radius 2 is 1.96 bits per heavy atom. The molecule has 1 N–H and O–H groups in total. The maximum Gasteiger partial charge on any atom is 0.165 e. The van der Waals surface area contributed by atoms with E-state index in [2.05, 4.69) is 30.8 Å². The summed E-state index contributed by atoms with van der Waals surface area (Å²) in [6, 6.07) is 2.21. The zero-order valence-corrected chi connectivity index (χ0v) is 14.9. The molecule has 2 aromatic rings. The summed E-state index contributed by atoms with van der Waals surface area (Å²) in [6.07, 6.45) is 3.26. The highest BCUT2D eigenvalue weighted by Gasteiger charge is 2.41. The molecule has 0 spiro atoms. The molecule has 2 unspecified atom stereocenters. The Hall–Kier alpha value is -0.980. The quantitative estimate of drug-likeness (QED) is 0.736. The summed E-state index contributed by atoms with van der Waals surface area (Å²) in [7, 11) is 0. The van der Waals surface area contributed by atoms with Crippen molar-refractivity contribution in [3.05, 3.63) is 27.2 Å². The third kappa shape index (κ3) is 2.42. The van der Waals surface area contributed by atoms with Gasteiger partial charge in [-0.3, -0.25) is 0 Å². The lowest BCUT2D eigenvalue weighted by atomic mass is 9.99. The molecular formula is C16H16BrClFN3O. The Morgan fingerprint density at radius 3 is 2.61 bits per heavy atom. The highest BCUT2D eigenvalue weighted by molar-refractivity contribution is 9.10. The monoisotopic (exact) mass is 399 g/mol. The van der Waals surface area contributed by atoms with E-state index < -0.39 is 5.82 Å². The Kier molecular flexibility index (Phi) is 3.74. The minimum atomic E-state index is -0.455. The Labute approximate surface area is 146 Å². The van der Waals surface area contributed by atoms with Gasteiger partial charge < -0.3 is 10.0 Å². The van der Waals surface area contributed by atoms with E-state index in [-0.39, 0.29) is 28.2 Å². The second-order valence-corrected chi connectivity index (χ2v) is 7.59. The van der Waals surface area contributed by atoms with E-state index in [1.165, 1.54) is 0 Å². The lowest BCUT2D eigenvalue weighted by Crippen LogP contribution is -2.45. The van der Waals surface area contributed by atoms with Gasteiger partial charge in [-0.05, 0) is 54.6 Å². The van der Waals surface area contributed by atoms with Crippen molar-refractivity contribution in [3.63, 3.8) is 0 Å². The second-order valence-electron chi connectivity index (χ2n) is 6.39. The van der Waals surface area contributed by atoms with Gasteiger partial charge in [0.1, 0.15) is 17.2 Å². The van der Waals surface area contributed by atoms with Gasteiger partial charge in [-0.25, -0.2) is 14.4 Å². The number of aliphatic hydroxyl groups is 1. The number of fused-ring (bicyclic) bond motifs is 3. The Bertz CT molecular complexity index is 789. The number of nitrogens with zero attached hydrogens (tertiary/aromatic N) is 3. The molecule has 0 radical (unpaired) electrons. The first-order valence-corrected chi connectivity index (χ1v) is 8.91. The fraction of sp³-hybridized carbons (Fsp3) is 0.500. The van der Waals surface area contributed by atoms with Crippen molar-refractivity contribution in [3.8, 4) is 0 Å². The van der Waals surface area contributed by atoms with E-state index in [9.17, 15) is 9.50 Å². The van der Waals surface area contributed by atoms with Gasteiger partial charge in [0.15, 0.2) is 5.82 Å². The first-order valence-electron chi connectivity index (χ1n) is 7.74. The van der Waals surface area contributed by atoms with Crippen LogP contribution in [0.25, 0.3) is 10.9 Å². The van der Waals surface area contributed by atoms with Crippen LogP contribution in [0.4, 0.5) is 10.2 Å². The average molecular weight is 401 g/mol. The van der Waals surface area contributed by atoms with E-state index in [0.717, 1.165) is 31.5 Å². The lowest BCUT2D eigenvalue weighted by Gasteiger charge is -2.38. The van der Waals surface area contributed by atoms with Gasteiger partial charge in [0.2, 0.25) is 0 Å². The van der Waals surface area contributed by atoms with E-state index >= 15 is 0 Å². The lowest BCUT2D eigenvalue weighted by molar-refractivity contribution is 0.126. The van der Waals surface area contributed by atoms with Crippen molar-refractivity contribution >= 4 is 44.3 Å². The van der Waals surface area contributed by atoms with Crippen LogP contribution in [0, 0.1) is 12.7 Å². The summed E-state index contributed by atoms with van der Waals surface area (Å²) in [5, 5.41) is 10.9. The van der Waals surface area contributed by atoms with Crippen molar-refractivity contribution in [1.82, 2.24) is 9.97 Å². The number of benzene rings is 1. The summed E-state index contributed by atoms with van der Waals surface area (Å²) in [6.45, 7) is 1.77. The molecule has 3 heterocycles. The van der Waals surface area contributed by atoms with Crippen LogP contribution in [-0.4, -0.2) is 33.3 Å². The van der Waals surface area contributed by atoms with Crippen molar-refractivity contribution in [2.45, 2.75) is 50.8 Å². The second kappa shape index (κ2) is 5.53. The summed E-state index contributed by atoms with van der Waals surface area (Å²) < 4.78 is 14.8. The van der Waals surface area contributed by atoms with Crippen LogP contribution in [-0.2, 0) is 0 Å². The third-order valence-electron chi connectivity index (χ3n) is 4.87. The number of piperidine rings is 1. The summed E-state index contributed by atoms with van der Waals surface area (Å²) in [5.74, 6) is 0.815. The number of rotatable bonds is 1. The summed E-state index contributed by atoms with van der Waals surface area (Å²) in [5.41, 5.74) is 0.286. The predicted molar refractivity (Wildman–Crippen MR) is 91.5 cm³/mol. The molecular weight excluding hydrogens is 385 g/mol. The van der Waals surface area contributed by atoms with E-state index in [1.807, 2.05) is 0 Å². The molecule has 2 bridgehead atoms. The molecule has 4 nitrogen and oxygen atoms in total. The number of aryl methyl sites for hydroxylation is 1. The number of hydrogen-bond donors (Lipinski definition) is 1. The molecule has 2 aliphatic heterocycles. The normalized spacial score (nSPS) is 27.0. The molecule has 2 aliphatic rings. The molecule has 23 heavy (non-hydrogen) atoms. The van der Waals surface area contributed by atoms with E-state index in [4.69, 9.17) is 11.6 Å². The van der Waals surface area contributed by atoms with Gasteiger partial charge >= 0.3 is 0 Å². The fourth-order valence-corrected chi connectivity index (χ4v) is 4.45. The van der Waals surface area contributed by atoms with Gasteiger partial charge in [-0.15, -0.1) is 0 Å². The molecule has 122 valence electrons. The zero-order chi connectivity index (χ0) is 16.3. The molecule has 0 saturated carbocycles. The average Bonchev–Trinajstić information content (AvgIpc) is 2.77. The van der Waals surface area contributed by atoms with Gasteiger partial charge in [0.05, 0.1) is 15.6 Å². The third-order valence-corrected chi connectivity index (χ3v) is 6.17. The largest absolute Gasteiger partial charge is 0.393 e. The van der Waals surface area contributed by atoms with Crippen molar-refractivity contribution in [2.75, 3.05) is 4.90 Å². The molecule has 0 aliphatic carbocycles. The number of hydrogen-bond acceptors (Lipinski definition) is 4. The number of aliphatic hydroxyl groups excluding tert-OH is 1. The molecule has 4 rings (SSSR count). The number of halogens is 3. The van der Waals surface area contributed by atoms with Gasteiger partial charge in [0.25, 0.3) is 0 Å². The van der Waals surface area contributed by atoms with Crippen LogP contribution in [0.15, 0.2) is 10.5 Å². The van der Waals surface area contributed by atoms with Gasteiger partial charge in [0, 0.05) is 17.5 Å². The smallest absolute Gasteiger partial charge is 0.165 e. The molecule has 0 amide bonds. The molecule has 2 saturated heterocycles. The SMILES string of the molecule is Cc1nc(N2C3CCC2CC(O)C3)c2cc(Cl)c(Br)c(F)c2n1. The van der Waals surface area contributed by atoms with Crippen molar-refractivity contribution < 1.29 is 9.50 Å². The highest BCUT2D eigenvalue weighted by atomic mass is 79.9. The van der Waals surface area contributed by atoms with Crippen molar-refractivity contribution in [1.29, 1.82) is 0 Å². The Balaban J connectivity index is 1.94. The molecule has 7 heteroatoms. The number of aromatic nitrogens is 2. The van der Waals surface area contributed by atoms with Crippen LogP contribution >= 0.6 is 27.5 Å². The molecule has 2 fully saturated rings. The van der Waals surface area contributed by atoms with Crippen LogP contribution in [0.3, 0.4) is 0 Å². The number of anilines is 1. The fourth-order valence-electron chi connectivity index (χ4n) is 3.96. The topological polar surface area (TPSA) is 49.2 Å². The Morgan fingerprint density at radius 1 is 1.30 bits per heavy atom. The van der Waals surface area contributed by atoms with E-state index in [1.54, 1.807) is 13.0 Å². The minimum absolute atomic E-state index is 0.229. The summed E-state index contributed by atoms with van der Waals surface area (Å²) in [4.78, 5) is 11.1. The van der Waals surface area contributed by atoms with Gasteiger partial charge in [-0.2, -0.15) is 0 Å².